The van der Waals surface area contributed by atoms with E-state index >= 15 is 0 Å². The molecule has 1 N–H and O–H groups in total. The molecule has 0 aliphatic carbocycles. The summed E-state index contributed by atoms with van der Waals surface area (Å²) in [4.78, 5) is 27.1. The first kappa shape index (κ1) is 23.9. The minimum Gasteiger partial charge on any atom is -0.492 e. The minimum atomic E-state index is -0.214. The van der Waals surface area contributed by atoms with Crippen LogP contribution in [-0.4, -0.2) is 36.4 Å². The third-order valence-corrected chi connectivity index (χ3v) is 5.23. The normalized spacial score (nSPS) is 10.5. The molecule has 6 heteroatoms. The number of nitrogens with zero attached hydrogens (tertiary/aromatic N) is 1. The molecule has 2 aromatic rings. The van der Waals surface area contributed by atoms with Crippen LogP contribution in [0, 0.1) is 0 Å². The maximum Gasteiger partial charge on any atom is 0.255 e. The fourth-order valence-corrected chi connectivity index (χ4v) is 3.52. The number of halogens is 1. The van der Waals surface area contributed by atoms with Crippen molar-refractivity contribution in [3.8, 4) is 5.75 Å². The fourth-order valence-electron chi connectivity index (χ4n) is 3.02. The fraction of sp³-hybridized carbons (Fsp3) is 0.417. The Balaban J connectivity index is 2.02. The number of carbonyl (C=O) groups excluding carboxylic acids is 2. The zero-order chi connectivity index (χ0) is 21.9. The maximum atomic E-state index is 12.7. The van der Waals surface area contributed by atoms with Gasteiger partial charge in [0, 0.05) is 29.9 Å². The Morgan fingerprint density at radius 2 is 1.57 bits per heavy atom. The molecule has 5 nitrogen and oxygen atoms in total. The number of anilines is 1. The zero-order valence-corrected chi connectivity index (χ0v) is 19.6. The van der Waals surface area contributed by atoms with Crippen molar-refractivity contribution in [2.24, 2.45) is 0 Å². The number of carbonyl (C=O) groups is 2. The SMILES string of the molecule is CCCCOc1ccc(C(=O)Nc2ccc(C(=O)N(CCC)CCC)cc2)cc1Br. The van der Waals surface area contributed by atoms with Gasteiger partial charge in [-0.3, -0.25) is 9.59 Å². The summed E-state index contributed by atoms with van der Waals surface area (Å²) in [5.41, 5.74) is 1.81. The average molecular weight is 475 g/mol. The van der Waals surface area contributed by atoms with Crippen LogP contribution >= 0.6 is 15.9 Å². The third-order valence-electron chi connectivity index (χ3n) is 4.61. The zero-order valence-electron chi connectivity index (χ0n) is 18.0. The second kappa shape index (κ2) is 12.4. The van der Waals surface area contributed by atoms with Gasteiger partial charge in [-0.25, -0.2) is 0 Å². The molecule has 0 aliphatic heterocycles. The van der Waals surface area contributed by atoms with Crippen LogP contribution in [0.5, 0.6) is 5.75 Å². The molecule has 2 rings (SSSR count). The van der Waals surface area contributed by atoms with Crippen LogP contribution in [0.3, 0.4) is 0 Å². The Hall–Kier alpha value is -2.34. The van der Waals surface area contributed by atoms with E-state index in [1.54, 1.807) is 42.5 Å². The molecule has 0 saturated carbocycles. The molecule has 0 spiro atoms. The molecule has 0 heterocycles. The molecule has 30 heavy (non-hydrogen) atoms. The molecule has 2 amide bonds. The highest BCUT2D eigenvalue weighted by Crippen LogP contribution is 2.26. The summed E-state index contributed by atoms with van der Waals surface area (Å²) in [5, 5.41) is 2.88. The Bertz CT molecular complexity index is 831. The summed E-state index contributed by atoms with van der Waals surface area (Å²) in [6.45, 7) is 8.39. The molecule has 0 fully saturated rings. The second-order valence-corrected chi connectivity index (χ2v) is 8.03. The average Bonchev–Trinajstić information content (AvgIpc) is 2.75. The summed E-state index contributed by atoms with van der Waals surface area (Å²) in [6, 6.07) is 12.3. The van der Waals surface area contributed by atoms with E-state index in [4.69, 9.17) is 4.74 Å². The van der Waals surface area contributed by atoms with Crippen molar-refractivity contribution in [1.29, 1.82) is 0 Å². The smallest absolute Gasteiger partial charge is 0.255 e. The van der Waals surface area contributed by atoms with Crippen molar-refractivity contribution in [2.45, 2.75) is 46.5 Å². The summed E-state index contributed by atoms with van der Waals surface area (Å²) in [6.07, 6.45) is 3.91. The van der Waals surface area contributed by atoms with Gasteiger partial charge in [0.25, 0.3) is 11.8 Å². The molecule has 162 valence electrons. The summed E-state index contributed by atoms with van der Waals surface area (Å²) in [5.74, 6) is 0.541. The lowest BCUT2D eigenvalue weighted by atomic mass is 10.1. The quantitative estimate of drug-likeness (QED) is 0.397. The van der Waals surface area contributed by atoms with Crippen LogP contribution in [0.15, 0.2) is 46.9 Å². The lowest BCUT2D eigenvalue weighted by Crippen LogP contribution is -2.32. The minimum absolute atomic E-state index is 0.0270. The highest BCUT2D eigenvalue weighted by Gasteiger charge is 2.15. The predicted octanol–water partition coefficient (Wildman–Crippen LogP) is 6.14. The Morgan fingerprint density at radius 1 is 0.933 bits per heavy atom. The van der Waals surface area contributed by atoms with Gasteiger partial charge in [0.05, 0.1) is 11.1 Å². The number of ether oxygens (including phenoxy) is 1. The van der Waals surface area contributed by atoms with Gasteiger partial charge >= 0.3 is 0 Å². The molecule has 0 aromatic heterocycles. The van der Waals surface area contributed by atoms with Crippen LogP contribution in [-0.2, 0) is 0 Å². The van der Waals surface area contributed by atoms with Crippen molar-refractivity contribution in [3.63, 3.8) is 0 Å². The van der Waals surface area contributed by atoms with Gasteiger partial charge in [0.1, 0.15) is 5.75 Å². The van der Waals surface area contributed by atoms with Crippen LogP contribution in [0.25, 0.3) is 0 Å². The Morgan fingerprint density at radius 3 is 2.13 bits per heavy atom. The van der Waals surface area contributed by atoms with Crippen LogP contribution < -0.4 is 10.1 Å². The summed E-state index contributed by atoms with van der Waals surface area (Å²) >= 11 is 3.47. The Kier molecular flexibility index (Phi) is 9.87. The Labute approximate surface area is 187 Å². The first-order chi connectivity index (χ1) is 14.5. The molecular formula is C24H31BrN2O3. The highest BCUT2D eigenvalue weighted by atomic mass is 79.9. The van der Waals surface area contributed by atoms with E-state index in [-0.39, 0.29) is 11.8 Å². The van der Waals surface area contributed by atoms with Gasteiger partial charge in [-0.15, -0.1) is 0 Å². The number of unbranched alkanes of at least 4 members (excludes halogenated alkanes) is 1. The summed E-state index contributed by atoms with van der Waals surface area (Å²) in [7, 11) is 0. The number of benzene rings is 2. The van der Waals surface area contributed by atoms with Crippen molar-refractivity contribution in [3.05, 3.63) is 58.1 Å². The van der Waals surface area contributed by atoms with Crippen molar-refractivity contribution in [1.82, 2.24) is 4.90 Å². The molecule has 0 radical (unpaired) electrons. The molecule has 2 aromatic carbocycles. The molecule has 0 aliphatic rings. The number of amides is 2. The van der Waals surface area contributed by atoms with E-state index in [1.807, 2.05) is 4.90 Å². The van der Waals surface area contributed by atoms with E-state index in [0.29, 0.717) is 23.4 Å². The topological polar surface area (TPSA) is 58.6 Å². The monoisotopic (exact) mass is 474 g/mol. The van der Waals surface area contributed by atoms with Crippen LogP contribution in [0.1, 0.15) is 67.2 Å². The van der Waals surface area contributed by atoms with Crippen molar-refractivity contribution in [2.75, 3.05) is 25.0 Å². The summed E-state index contributed by atoms with van der Waals surface area (Å²) < 4.78 is 6.45. The lowest BCUT2D eigenvalue weighted by molar-refractivity contribution is 0.0755. The van der Waals surface area contributed by atoms with Gasteiger partial charge in [-0.05, 0) is 77.7 Å². The number of hydrogen-bond donors (Lipinski definition) is 1. The van der Waals surface area contributed by atoms with Gasteiger partial charge in [0.2, 0.25) is 0 Å². The number of nitrogens with one attached hydrogen (secondary N) is 1. The van der Waals surface area contributed by atoms with Gasteiger partial charge in [-0.2, -0.15) is 0 Å². The highest BCUT2D eigenvalue weighted by molar-refractivity contribution is 9.10. The maximum absolute atomic E-state index is 12.7. The molecule has 0 unspecified atom stereocenters. The largest absolute Gasteiger partial charge is 0.492 e. The second-order valence-electron chi connectivity index (χ2n) is 7.17. The molecule has 0 atom stereocenters. The van der Waals surface area contributed by atoms with Crippen LogP contribution in [0.4, 0.5) is 5.69 Å². The van der Waals surface area contributed by atoms with Crippen molar-refractivity contribution < 1.29 is 14.3 Å². The molecule has 0 bridgehead atoms. The number of rotatable bonds is 11. The standard InChI is InChI=1S/C24H31BrN2O3/c1-4-7-16-30-22-13-10-19(17-21(22)25)23(28)26-20-11-8-18(9-12-20)24(29)27(14-5-2)15-6-3/h8-13,17H,4-7,14-16H2,1-3H3,(H,26,28). The van der Waals surface area contributed by atoms with Crippen LogP contribution in [0.2, 0.25) is 0 Å². The van der Waals surface area contributed by atoms with E-state index in [0.717, 1.165) is 49.0 Å². The van der Waals surface area contributed by atoms with E-state index in [1.165, 1.54) is 0 Å². The third kappa shape index (κ3) is 6.87. The van der Waals surface area contributed by atoms with Gasteiger partial charge in [-0.1, -0.05) is 27.2 Å². The molecular weight excluding hydrogens is 444 g/mol. The lowest BCUT2D eigenvalue weighted by Gasteiger charge is -2.21. The first-order valence-electron chi connectivity index (χ1n) is 10.6. The molecule has 0 saturated heterocycles. The van der Waals surface area contributed by atoms with Gasteiger partial charge in [0.15, 0.2) is 0 Å². The first-order valence-corrected chi connectivity index (χ1v) is 11.4. The van der Waals surface area contributed by atoms with E-state index in [2.05, 4.69) is 42.0 Å². The van der Waals surface area contributed by atoms with E-state index < -0.39 is 0 Å². The predicted molar refractivity (Wildman–Crippen MR) is 125 cm³/mol. The van der Waals surface area contributed by atoms with E-state index in [9.17, 15) is 9.59 Å². The number of hydrogen-bond acceptors (Lipinski definition) is 3. The van der Waals surface area contributed by atoms with Gasteiger partial charge < -0.3 is 15.0 Å². The van der Waals surface area contributed by atoms with Crippen molar-refractivity contribution >= 4 is 33.4 Å².